The lowest BCUT2D eigenvalue weighted by molar-refractivity contribution is -0.525. The number of allylic oxidation sites excluding steroid dienone is 3. The van der Waals surface area contributed by atoms with E-state index in [4.69, 9.17) is 0 Å². The Hall–Kier alpha value is -2.02. The topological polar surface area (TPSA) is 56.0 Å². The average molecular weight is 436 g/mol. The summed E-state index contributed by atoms with van der Waals surface area (Å²) in [6.45, 7) is 0.726. The monoisotopic (exact) mass is 435 g/mol. The van der Waals surface area contributed by atoms with Crippen LogP contribution < -0.4 is 0 Å². The van der Waals surface area contributed by atoms with Crippen molar-refractivity contribution in [2.75, 3.05) is 20.6 Å². The van der Waals surface area contributed by atoms with Crippen LogP contribution in [0.2, 0.25) is 0 Å². The fraction of sp³-hybridized carbons (Fsp3) is 0.429. The van der Waals surface area contributed by atoms with Crippen LogP contribution in [0, 0.1) is 10.8 Å². The van der Waals surface area contributed by atoms with Gasteiger partial charge in [-0.3, -0.25) is 4.79 Å². The van der Waals surface area contributed by atoms with Crippen molar-refractivity contribution in [3.05, 3.63) is 63.9 Å². The molecule has 4 unspecified atom stereocenters. The van der Waals surface area contributed by atoms with Crippen molar-refractivity contribution in [1.29, 1.82) is 0 Å². The molecule has 0 aromatic carbocycles. The van der Waals surface area contributed by atoms with Crippen molar-refractivity contribution in [2.45, 2.75) is 31.0 Å². The normalized spacial score (nSPS) is 30.9. The third kappa shape index (κ3) is 3.23. The second kappa shape index (κ2) is 8.01. The van der Waals surface area contributed by atoms with E-state index in [1.54, 1.807) is 0 Å². The summed E-state index contributed by atoms with van der Waals surface area (Å²) in [5, 5.41) is 0. The molecule has 1 fully saturated rings. The zero-order valence-corrected chi connectivity index (χ0v) is 18.0. The second-order valence-electron chi connectivity index (χ2n) is 8.08. The number of fused-ring (bicyclic) bond motifs is 4. The molecule has 3 heterocycles. The first-order valence-corrected chi connectivity index (χ1v) is 9.50. The van der Waals surface area contributed by atoms with Gasteiger partial charge in [-0.1, -0.05) is 24.3 Å². The molecule has 29 heavy (non-hydrogen) atoms. The fourth-order valence-electron chi connectivity index (χ4n) is 5.01. The molecule has 2 aliphatic carbocycles. The molecule has 1 saturated heterocycles. The van der Waals surface area contributed by atoms with Gasteiger partial charge >= 0.3 is 0 Å². The minimum Gasteiger partial charge on any atom is -0.344 e. The first kappa shape index (κ1) is 21.7. The van der Waals surface area contributed by atoms with Crippen molar-refractivity contribution in [3.8, 4) is 0 Å². The number of carbonyl (C=O) groups excluding carboxylic acids is 1. The van der Waals surface area contributed by atoms with Gasteiger partial charge in [0.15, 0.2) is 0 Å². The van der Waals surface area contributed by atoms with E-state index in [0.717, 1.165) is 16.9 Å². The SMILES string of the molecule is CN(C)CCC1C(=O)CC2=C(C=CC3C2C2=CC=CC4=CN=CN3C42)[N+]1=O.Cl.Cl. The number of nitrogens with zero attached hydrogens (tertiary/aromatic N) is 4. The van der Waals surface area contributed by atoms with Crippen LogP contribution >= 0.6 is 24.8 Å². The van der Waals surface area contributed by atoms with Gasteiger partial charge < -0.3 is 9.80 Å². The summed E-state index contributed by atoms with van der Waals surface area (Å²) < 4.78 is 0.971. The van der Waals surface area contributed by atoms with E-state index < -0.39 is 6.04 Å². The van der Waals surface area contributed by atoms with Gasteiger partial charge in [-0.2, -0.15) is 0 Å². The van der Waals surface area contributed by atoms with Crippen molar-refractivity contribution in [3.63, 3.8) is 0 Å². The van der Waals surface area contributed by atoms with Gasteiger partial charge in [-0.15, -0.1) is 24.8 Å². The van der Waals surface area contributed by atoms with E-state index >= 15 is 0 Å². The summed E-state index contributed by atoms with van der Waals surface area (Å²) in [6.07, 6.45) is 15.1. The lowest BCUT2D eigenvalue weighted by Gasteiger charge is -2.32. The largest absolute Gasteiger partial charge is 0.344 e. The average Bonchev–Trinajstić information content (AvgIpc) is 2.98. The van der Waals surface area contributed by atoms with Gasteiger partial charge in [0, 0.05) is 52.8 Å². The summed E-state index contributed by atoms with van der Waals surface area (Å²) in [4.78, 5) is 34.5. The van der Waals surface area contributed by atoms with Crippen LogP contribution in [0.3, 0.4) is 0 Å². The maximum absolute atomic E-state index is 13.0. The molecule has 0 saturated carbocycles. The number of rotatable bonds is 3. The molecule has 0 spiro atoms. The number of hydrogen-bond donors (Lipinski definition) is 0. The second-order valence-corrected chi connectivity index (χ2v) is 8.08. The van der Waals surface area contributed by atoms with E-state index in [0.29, 0.717) is 18.5 Å². The molecule has 3 aliphatic heterocycles. The molecule has 4 atom stereocenters. The van der Waals surface area contributed by atoms with Crippen molar-refractivity contribution in [2.24, 2.45) is 10.9 Å². The van der Waals surface area contributed by atoms with E-state index in [1.807, 2.05) is 37.6 Å². The van der Waals surface area contributed by atoms with Crippen LogP contribution in [-0.2, 0) is 4.79 Å². The number of Topliss-reactive ketones (excluding diaryl/α,β-unsaturated/α-hetero) is 1. The summed E-state index contributed by atoms with van der Waals surface area (Å²) >= 11 is 0. The Bertz CT molecular complexity index is 929. The summed E-state index contributed by atoms with van der Waals surface area (Å²) in [5.41, 5.74) is 4.11. The zero-order chi connectivity index (χ0) is 18.7. The van der Waals surface area contributed by atoms with Gasteiger partial charge in [0.05, 0.1) is 18.4 Å². The van der Waals surface area contributed by atoms with Crippen LogP contribution in [0.1, 0.15) is 12.8 Å². The minimum absolute atomic E-state index is 0. The van der Waals surface area contributed by atoms with Crippen LogP contribution in [-0.4, -0.2) is 65.4 Å². The fourth-order valence-corrected chi connectivity index (χ4v) is 5.01. The van der Waals surface area contributed by atoms with Crippen molar-refractivity contribution >= 4 is 36.9 Å². The van der Waals surface area contributed by atoms with Gasteiger partial charge in [-0.25, -0.2) is 4.99 Å². The smallest absolute Gasteiger partial charge is 0.267 e. The Balaban J connectivity index is 0.00000120. The molecule has 0 N–H and O–H groups in total. The van der Waals surface area contributed by atoms with Crippen LogP contribution in [0.25, 0.3) is 0 Å². The molecule has 0 radical (unpaired) electrons. The van der Waals surface area contributed by atoms with Crippen LogP contribution in [0.15, 0.2) is 64.0 Å². The molecule has 5 rings (SSSR count). The molecule has 5 aliphatic rings. The highest BCUT2D eigenvalue weighted by Crippen LogP contribution is 2.49. The maximum atomic E-state index is 13.0. The number of carbonyl (C=O) groups is 1. The lowest BCUT2D eigenvalue weighted by Crippen LogP contribution is -2.43. The third-order valence-electron chi connectivity index (χ3n) is 6.24. The van der Waals surface area contributed by atoms with Crippen LogP contribution in [0.4, 0.5) is 0 Å². The molecule has 0 amide bonds. The molecular weight excluding hydrogens is 411 g/mol. The minimum atomic E-state index is -0.575. The number of aliphatic imine (C=N–C) groups is 1. The summed E-state index contributed by atoms with van der Waals surface area (Å²) in [6, 6.07) is -0.291. The van der Waals surface area contributed by atoms with Gasteiger partial charge in [0.2, 0.25) is 5.78 Å². The first-order chi connectivity index (χ1) is 13.1. The van der Waals surface area contributed by atoms with E-state index in [-0.39, 0.29) is 48.6 Å². The van der Waals surface area contributed by atoms with E-state index in [9.17, 15) is 9.70 Å². The predicted octanol–water partition coefficient (Wildman–Crippen LogP) is 2.82. The van der Waals surface area contributed by atoms with Gasteiger partial charge in [0.1, 0.15) is 0 Å². The predicted molar refractivity (Wildman–Crippen MR) is 118 cm³/mol. The molecular formula is C21H25Cl2N4O2+. The van der Waals surface area contributed by atoms with Crippen molar-refractivity contribution < 1.29 is 9.55 Å². The Morgan fingerprint density at radius 2 is 2.07 bits per heavy atom. The molecule has 6 nitrogen and oxygen atoms in total. The highest BCUT2D eigenvalue weighted by atomic mass is 35.5. The summed E-state index contributed by atoms with van der Waals surface area (Å²) in [7, 11) is 3.92. The maximum Gasteiger partial charge on any atom is 0.267 e. The highest BCUT2D eigenvalue weighted by molar-refractivity contribution is 5.87. The molecule has 8 heteroatoms. The van der Waals surface area contributed by atoms with Crippen LogP contribution in [0.5, 0.6) is 0 Å². The number of hydrogen-bond acceptors (Lipinski definition) is 5. The number of nitroso groups, excluding NO2 is 1. The Kier molecular flexibility index (Phi) is 5.99. The third-order valence-corrected chi connectivity index (χ3v) is 6.24. The molecule has 0 bridgehead atoms. The molecule has 154 valence electrons. The van der Waals surface area contributed by atoms with E-state index in [1.165, 1.54) is 11.1 Å². The quantitative estimate of drug-likeness (QED) is 0.639. The number of halogens is 2. The Morgan fingerprint density at radius 3 is 2.83 bits per heavy atom. The zero-order valence-electron chi connectivity index (χ0n) is 16.4. The Morgan fingerprint density at radius 1 is 1.28 bits per heavy atom. The first-order valence-electron chi connectivity index (χ1n) is 9.50. The lowest BCUT2D eigenvalue weighted by atomic mass is 9.76. The molecule has 0 aromatic heterocycles. The Labute approximate surface area is 182 Å². The van der Waals surface area contributed by atoms with Gasteiger partial charge in [-0.05, 0) is 25.2 Å². The van der Waals surface area contributed by atoms with Crippen molar-refractivity contribution in [1.82, 2.24) is 9.80 Å². The number of ketones is 1. The standard InChI is InChI=1S/C21H23N4O2.2ClH/c1-23(2)9-8-17-19(26)10-15-16(25(17)27)6-7-18-20(15)14-5-3-4-13-11-22-12-24(18)21(13)14;;/h3-7,11-12,17-18,20-21H,8-10H2,1-2H3;2*1H/q+1;;. The van der Waals surface area contributed by atoms with Gasteiger partial charge in [0.25, 0.3) is 11.7 Å². The summed E-state index contributed by atoms with van der Waals surface area (Å²) in [5.74, 6) is 0.115. The van der Waals surface area contributed by atoms with E-state index in [2.05, 4.69) is 34.2 Å². The molecule has 0 aromatic rings. The highest BCUT2D eigenvalue weighted by Gasteiger charge is 2.54.